The van der Waals surface area contributed by atoms with E-state index in [0.717, 1.165) is 33.6 Å². The lowest BCUT2D eigenvalue weighted by Gasteiger charge is -2.06. The molecule has 0 aliphatic heterocycles. The Hall–Kier alpha value is -2.94. The zero-order valence-corrected chi connectivity index (χ0v) is 12.3. The molecule has 0 amide bonds. The van der Waals surface area contributed by atoms with Gasteiger partial charge in [-0.3, -0.25) is 0 Å². The average molecular weight is 288 g/mol. The van der Waals surface area contributed by atoms with E-state index in [2.05, 4.69) is 35.3 Å². The van der Waals surface area contributed by atoms with Gasteiger partial charge < -0.3 is 15.5 Å². The zero-order valence-electron chi connectivity index (χ0n) is 12.3. The Labute approximate surface area is 128 Å². The van der Waals surface area contributed by atoms with Crippen LogP contribution in [0.1, 0.15) is 0 Å². The SMILES string of the molecule is COc1ccc2c(N)c(-c3cccc4ccccc34)[nH]c2c1. The van der Waals surface area contributed by atoms with Crippen LogP contribution in [0.15, 0.2) is 60.7 Å². The van der Waals surface area contributed by atoms with Gasteiger partial charge in [-0.15, -0.1) is 0 Å². The van der Waals surface area contributed by atoms with E-state index in [1.165, 1.54) is 10.8 Å². The first-order chi connectivity index (χ1) is 10.8. The Morgan fingerprint density at radius 1 is 0.909 bits per heavy atom. The quantitative estimate of drug-likeness (QED) is 0.567. The van der Waals surface area contributed by atoms with Crippen LogP contribution in [-0.2, 0) is 0 Å². The standard InChI is InChI=1S/C19H16N2O/c1-22-13-9-10-16-17(11-13)21-19(18(16)20)15-8-4-6-12-5-2-3-7-14(12)15/h2-11,21H,20H2,1H3. The van der Waals surface area contributed by atoms with Crippen LogP contribution in [0.4, 0.5) is 5.69 Å². The van der Waals surface area contributed by atoms with Crippen molar-refractivity contribution in [1.29, 1.82) is 0 Å². The van der Waals surface area contributed by atoms with Crippen molar-refractivity contribution in [3.63, 3.8) is 0 Å². The molecule has 3 aromatic carbocycles. The van der Waals surface area contributed by atoms with Gasteiger partial charge in [0.1, 0.15) is 5.75 Å². The summed E-state index contributed by atoms with van der Waals surface area (Å²) in [7, 11) is 1.67. The smallest absolute Gasteiger partial charge is 0.120 e. The van der Waals surface area contributed by atoms with E-state index < -0.39 is 0 Å². The first-order valence-corrected chi connectivity index (χ1v) is 7.21. The van der Waals surface area contributed by atoms with Gasteiger partial charge in [0.2, 0.25) is 0 Å². The van der Waals surface area contributed by atoms with Crippen molar-refractivity contribution >= 4 is 27.4 Å². The Balaban J connectivity index is 2.02. The van der Waals surface area contributed by atoms with Gasteiger partial charge in [-0.25, -0.2) is 0 Å². The van der Waals surface area contributed by atoms with E-state index in [1.54, 1.807) is 7.11 Å². The number of aromatic amines is 1. The Kier molecular flexibility index (Phi) is 2.79. The summed E-state index contributed by atoms with van der Waals surface area (Å²) in [5.41, 5.74) is 10.2. The normalized spacial score (nSPS) is 11.1. The summed E-state index contributed by atoms with van der Waals surface area (Å²) in [6.07, 6.45) is 0. The molecule has 0 fully saturated rings. The van der Waals surface area contributed by atoms with Crippen LogP contribution < -0.4 is 10.5 Å². The summed E-state index contributed by atoms with van der Waals surface area (Å²) in [5.74, 6) is 0.818. The number of H-pyrrole nitrogens is 1. The maximum atomic E-state index is 6.38. The highest BCUT2D eigenvalue weighted by Gasteiger charge is 2.13. The number of nitrogens with one attached hydrogen (secondary N) is 1. The number of benzene rings is 3. The van der Waals surface area contributed by atoms with E-state index in [1.807, 2.05) is 30.3 Å². The van der Waals surface area contributed by atoms with Gasteiger partial charge in [-0.1, -0.05) is 42.5 Å². The molecule has 3 nitrogen and oxygen atoms in total. The summed E-state index contributed by atoms with van der Waals surface area (Å²) in [6.45, 7) is 0. The van der Waals surface area contributed by atoms with Crippen molar-refractivity contribution in [1.82, 2.24) is 4.98 Å². The van der Waals surface area contributed by atoms with Gasteiger partial charge in [-0.05, 0) is 22.9 Å². The molecule has 0 unspecified atom stereocenters. The van der Waals surface area contributed by atoms with Gasteiger partial charge in [-0.2, -0.15) is 0 Å². The number of rotatable bonds is 2. The molecule has 0 saturated carbocycles. The molecule has 0 saturated heterocycles. The van der Waals surface area contributed by atoms with E-state index in [0.29, 0.717) is 0 Å². The highest BCUT2D eigenvalue weighted by Crippen LogP contribution is 2.37. The van der Waals surface area contributed by atoms with Crippen molar-refractivity contribution in [3.05, 3.63) is 60.7 Å². The molecule has 108 valence electrons. The second-order valence-electron chi connectivity index (χ2n) is 5.35. The van der Waals surface area contributed by atoms with Crippen LogP contribution in [-0.4, -0.2) is 12.1 Å². The molecular formula is C19H16N2O. The average Bonchev–Trinajstić information content (AvgIpc) is 2.90. The summed E-state index contributed by atoms with van der Waals surface area (Å²) in [5, 5.41) is 3.41. The predicted octanol–water partition coefficient (Wildman–Crippen LogP) is 4.58. The minimum atomic E-state index is 0.772. The number of fused-ring (bicyclic) bond motifs is 2. The van der Waals surface area contributed by atoms with Gasteiger partial charge in [0, 0.05) is 17.0 Å². The fourth-order valence-electron chi connectivity index (χ4n) is 2.98. The summed E-state index contributed by atoms with van der Waals surface area (Å²) in [6, 6.07) is 20.5. The van der Waals surface area contributed by atoms with Gasteiger partial charge in [0.15, 0.2) is 0 Å². The third-order valence-electron chi connectivity index (χ3n) is 4.10. The molecule has 3 N–H and O–H groups in total. The topological polar surface area (TPSA) is 51.0 Å². The molecule has 4 aromatic rings. The van der Waals surface area contributed by atoms with Crippen molar-refractivity contribution in [3.8, 4) is 17.0 Å². The van der Waals surface area contributed by atoms with Crippen LogP contribution in [0.2, 0.25) is 0 Å². The van der Waals surface area contributed by atoms with Crippen LogP contribution >= 0.6 is 0 Å². The fraction of sp³-hybridized carbons (Fsp3) is 0.0526. The fourth-order valence-corrected chi connectivity index (χ4v) is 2.98. The lowest BCUT2D eigenvalue weighted by molar-refractivity contribution is 0.415. The number of hydrogen-bond donors (Lipinski definition) is 2. The molecule has 0 spiro atoms. The molecule has 0 aliphatic carbocycles. The van der Waals surface area contributed by atoms with Crippen molar-refractivity contribution in [2.45, 2.75) is 0 Å². The highest BCUT2D eigenvalue weighted by atomic mass is 16.5. The van der Waals surface area contributed by atoms with Gasteiger partial charge in [0.25, 0.3) is 0 Å². The molecule has 4 rings (SSSR count). The van der Waals surface area contributed by atoms with Crippen LogP contribution in [0.25, 0.3) is 32.9 Å². The summed E-state index contributed by atoms with van der Waals surface area (Å²) >= 11 is 0. The van der Waals surface area contributed by atoms with Crippen molar-refractivity contribution < 1.29 is 4.74 Å². The third-order valence-corrected chi connectivity index (χ3v) is 4.10. The highest BCUT2D eigenvalue weighted by molar-refractivity contribution is 6.06. The Bertz CT molecular complexity index is 980. The number of methoxy groups -OCH3 is 1. The third kappa shape index (κ3) is 1.83. The largest absolute Gasteiger partial charge is 0.497 e. The predicted molar refractivity (Wildman–Crippen MR) is 92.2 cm³/mol. The Morgan fingerprint density at radius 2 is 1.73 bits per heavy atom. The van der Waals surface area contributed by atoms with Gasteiger partial charge in [0.05, 0.1) is 24.0 Å². The molecule has 3 heteroatoms. The van der Waals surface area contributed by atoms with E-state index >= 15 is 0 Å². The minimum Gasteiger partial charge on any atom is -0.497 e. The maximum Gasteiger partial charge on any atom is 0.120 e. The van der Waals surface area contributed by atoms with Crippen LogP contribution in [0, 0.1) is 0 Å². The monoisotopic (exact) mass is 288 g/mol. The molecule has 1 heterocycles. The number of aromatic nitrogens is 1. The maximum absolute atomic E-state index is 6.38. The lowest BCUT2D eigenvalue weighted by Crippen LogP contribution is -1.88. The van der Waals surface area contributed by atoms with Crippen LogP contribution in [0.5, 0.6) is 5.75 Å². The number of hydrogen-bond acceptors (Lipinski definition) is 2. The van der Waals surface area contributed by atoms with Crippen molar-refractivity contribution in [2.24, 2.45) is 0 Å². The van der Waals surface area contributed by atoms with E-state index in [4.69, 9.17) is 10.5 Å². The van der Waals surface area contributed by atoms with E-state index in [-0.39, 0.29) is 0 Å². The molecule has 0 radical (unpaired) electrons. The number of anilines is 1. The van der Waals surface area contributed by atoms with Crippen molar-refractivity contribution in [2.75, 3.05) is 12.8 Å². The molecule has 0 aliphatic rings. The van der Waals surface area contributed by atoms with E-state index in [9.17, 15) is 0 Å². The second kappa shape index (κ2) is 4.81. The number of nitrogen functional groups attached to an aromatic ring is 1. The molecule has 0 atom stereocenters. The summed E-state index contributed by atoms with van der Waals surface area (Å²) in [4.78, 5) is 3.44. The molecule has 0 bridgehead atoms. The lowest BCUT2D eigenvalue weighted by atomic mass is 10.0. The first-order valence-electron chi connectivity index (χ1n) is 7.21. The summed E-state index contributed by atoms with van der Waals surface area (Å²) < 4.78 is 5.29. The van der Waals surface area contributed by atoms with Crippen LogP contribution in [0.3, 0.4) is 0 Å². The minimum absolute atomic E-state index is 0.772. The molecule has 22 heavy (non-hydrogen) atoms. The Morgan fingerprint density at radius 3 is 2.59 bits per heavy atom. The van der Waals surface area contributed by atoms with Gasteiger partial charge >= 0.3 is 0 Å². The molecular weight excluding hydrogens is 272 g/mol. The molecule has 1 aromatic heterocycles. The number of ether oxygens (including phenoxy) is 1. The second-order valence-corrected chi connectivity index (χ2v) is 5.35. The number of nitrogens with two attached hydrogens (primary N) is 1. The zero-order chi connectivity index (χ0) is 15.1. The first kappa shape index (κ1) is 12.8.